The van der Waals surface area contributed by atoms with E-state index in [1.807, 2.05) is 39.0 Å². The molecule has 1 aromatic heterocycles. The van der Waals surface area contributed by atoms with Crippen LogP contribution < -0.4 is 14.8 Å². The van der Waals surface area contributed by atoms with E-state index in [1.165, 1.54) is 0 Å². The monoisotopic (exact) mass is 345 g/mol. The molecule has 1 N–H and O–H groups in total. The van der Waals surface area contributed by atoms with Crippen molar-refractivity contribution in [1.82, 2.24) is 25.5 Å². The maximum atomic E-state index is 12.4. The van der Waals surface area contributed by atoms with Gasteiger partial charge in [-0.05, 0) is 43.3 Å². The van der Waals surface area contributed by atoms with Gasteiger partial charge in [-0.2, -0.15) is 0 Å². The summed E-state index contributed by atoms with van der Waals surface area (Å²) in [5.74, 6) is 2.13. The third-order valence-corrected chi connectivity index (χ3v) is 4.27. The van der Waals surface area contributed by atoms with E-state index >= 15 is 0 Å². The molecule has 0 spiro atoms. The maximum Gasteiger partial charge on any atom is 0.222 e. The van der Waals surface area contributed by atoms with Gasteiger partial charge in [0.25, 0.3) is 0 Å². The molecule has 25 heavy (non-hydrogen) atoms. The van der Waals surface area contributed by atoms with Gasteiger partial charge in [-0.15, -0.1) is 5.10 Å². The molecule has 0 unspecified atom stereocenters. The van der Waals surface area contributed by atoms with Crippen molar-refractivity contribution >= 4 is 5.91 Å². The Morgan fingerprint density at radius 2 is 2.28 bits per heavy atom. The molecule has 3 rings (SSSR count). The number of aryl methyl sites for hydroxylation is 2. The number of nitrogens with zero attached hydrogens (tertiary/aromatic N) is 4. The Labute approximate surface area is 146 Å². The third-order valence-electron chi connectivity index (χ3n) is 4.27. The zero-order valence-corrected chi connectivity index (χ0v) is 14.9. The average Bonchev–Trinajstić information content (AvgIpc) is 2.96. The van der Waals surface area contributed by atoms with Gasteiger partial charge in [0.1, 0.15) is 22.9 Å². The van der Waals surface area contributed by atoms with Gasteiger partial charge in [-0.3, -0.25) is 4.79 Å². The van der Waals surface area contributed by atoms with Crippen molar-refractivity contribution in [2.75, 3.05) is 7.11 Å². The first-order valence-electron chi connectivity index (χ1n) is 8.27. The Hall–Kier alpha value is -2.64. The van der Waals surface area contributed by atoms with Gasteiger partial charge >= 0.3 is 0 Å². The summed E-state index contributed by atoms with van der Waals surface area (Å²) in [7, 11) is 1.62. The fraction of sp³-hybridized carbons (Fsp3) is 0.529. The number of ether oxygens (including phenoxy) is 2. The smallest absolute Gasteiger partial charge is 0.222 e. The maximum absolute atomic E-state index is 12.4. The first-order valence-corrected chi connectivity index (χ1v) is 8.27. The van der Waals surface area contributed by atoms with Crippen molar-refractivity contribution < 1.29 is 14.3 Å². The van der Waals surface area contributed by atoms with Crippen molar-refractivity contribution in [1.29, 1.82) is 0 Å². The van der Waals surface area contributed by atoms with E-state index in [0.29, 0.717) is 25.2 Å². The normalized spacial score (nSPS) is 18.2. The summed E-state index contributed by atoms with van der Waals surface area (Å²) in [6.07, 6.45) is 1.01. The van der Waals surface area contributed by atoms with Crippen molar-refractivity contribution in [3.8, 4) is 11.5 Å². The second-order valence-corrected chi connectivity index (χ2v) is 6.79. The molecule has 8 heteroatoms. The lowest BCUT2D eigenvalue weighted by molar-refractivity contribution is -0.122. The molecule has 2 heterocycles. The standard InChI is InChI=1S/C17H23N5O3/c1-11-19-20-21-22(11)8-7-16(23)18-14-10-17(2,3)25-15-9-12(24-4)5-6-13(14)15/h5-6,9,14H,7-8,10H2,1-4H3,(H,18,23)/t14-/m0/s1. The fourth-order valence-corrected chi connectivity index (χ4v) is 3.02. The molecule has 0 fully saturated rings. The van der Waals surface area contributed by atoms with Gasteiger partial charge in [-0.25, -0.2) is 4.68 Å². The Bertz CT molecular complexity index is 771. The van der Waals surface area contributed by atoms with Gasteiger partial charge in [0.15, 0.2) is 0 Å². The van der Waals surface area contributed by atoms with E-state index in [9.17, 15) is 4.79 Å². The SMILES string of the molecule is COc1ccc2c(c1)OC(C)(C)C[C@@H]2NC(=O)CCn1nnnc1C. The second kappa shape index (κ2) is 6.70. The van der Waals surface area contributed by atoms with E-state index in [2.05, 4.69) is 20.8 Å². The number of rotatable bonds is 5. The van der Waals surface area contributed by atoms with Crippen molar-refractivity contribution in [3.05, 3.63) is 29.6 Å². The molecule has 2 aromatic rings. The predicted molar refractivity (Wildman–Crippen MR) is 90.4 cm³/mol. The molecule has 0 bridgehead atoms. The van der Waals surface area contributed by atoms with Crippen molar-refractivity contribution in [3.63, 3.8) is 0 Å². The van der Waals surface area contributed by atoms with Crippen LogP contribution in [0.4, 0.5) is 0 Å². The number of tetrazole rings is 1. The van der Waals surface area contributed by atoms with E-state index in [4.69, 9.17) is 9.47 Å². The van der Waals surface area contributed by atoms with Crippen LogP contribution in [-0.2, 0) is 11.3 Å². The third kappa shape index (κ3) is 3.89. The summed E-state index contributed by atoms with van der Waals surface area (Å²) in [4.78, 5) is 12.4. The number of carbonyl (C=O) groups excluding carboxylic acids is 1. The topological polar surface area (TPSA) is 91.2 Å². The fourth-order valence-electron chi connectivity index (χ4n) is 3.02. The molecule has 1 aromatic carbocycles. The molecule has 0 radical (unpaired) electrons. The second-order valence-electron chi connectivity index (χ2n) is 6.79. The van der Waals surface area contributed by atoms with E-state index < -0.39 is 0 Å². The summed E-state index contributed by atoms with van der Waals surface area (Å²) in [5.41, 5.74) is 0.594. The number of aromatic nitrogens is 4. The van der Waals surface area contributed by atoms with Crippen LogP contribution in [0.1, 0.15) is 44.1 Å². The Morgan fingerprint density at radius 3 is 2.96 bits per heavy atom. The number of amides is 1. The van der Waals surface area contributed by atoms with E-state index in [1.54, 1.807) is 11.8 Å². The molecule has 0 aliphatic carbocycles. The molecular weight excluding hydrogens is 322 g/mol. The van der Waals surface area contributed by atoms with Gasteiger partial charge < -0.3 is 14.8 Å². The first kappa shape index (κ1) is 17.2. The van der Waals surface area contributed by atoms with Crippen LogP contribution in [-0.4, -0.2) is 38.8 Å². The van der Waals surface area contributed by atoms with Crippen LogP contribution in [0.3, 0.4) is 0 Å². The predicted octanol–water partition coefficient (Wildman–Crippen LogP) is 1.80. The van der Waals surface area contributed by atoms with Gasteiger partial charge in [-0.1, -0.05) is 0 Å². The molecule has 1 amide bonds. The van der Waals surface area contributed by atoms with Crippen LogP contribution in [0, 0.1) is 6.92 Å². The van der Waals surface area contributed by atoms with Gasteiger partial charge in [0.2, 0.25) is 5.91 Å². The number of benzene rings is 1. The Kier molecular flexibility index (Phi) is 4.61. The van der Waals surface area contributed by atoms with Crippen LogP contribution >= 0.6 is 0 Å². The number of hydrogen-bond donors (Lipinski definition) is 1. The number of fused-ring (bicyclic) bond motifs is 1. The molecule has 1 aliphatic heterocycles. The molecule has 134 valence electrons. The number of nitrogens with one attached hydrogen (secondary N) is 1. The van der Waals surface area contributed by atoms with Crippen LogP contribution in [0.5, 0.6) is 11.5 Å². The molecule has 1 atom stereocenters. The summed E-state index contributed by atoms with van der Waals surface area (Å²) < 4.78 is 12.9. The van der Waals surface area contributed by atoms with Crippen molar-refractivity contribution in [2.24, 2.45) is 0 Å². The zero-order chi connectivity index (χ0) is 18.0. The van der Waals surface area contributed by atoms with Crippen molar-refractivity contribution in [2.45, 2.75) is 51.8 Å². The number of hydrogen-bond acceptors (Lipinski definition) is 6. The molecular formula is C17H23N5O3. The highest BCUT2D eigenvalue weighted by Gasteiger charge is 2.34. The van der Waals surface area contributed by atoms with Crippen LogP contribution in [0.25, 0.3) is 0 Å². The summed E-state index contributed by atoms with van der Waals surface area (Å²) in [6.45, 7) is 6.29. The summed E-state index contributed by atoms with van der Waals surface area (Å²) >= 11 is 0. The highest BCUT2D eigenvalue weighted by molar-refractivity contribution is 5.76. The average molecular weight is 345 g/mol. The van der Waals surface area contributed by atoms with E-state index in [-0.39, 0.29) is 17.6 Å². The number of methoxy groups -OCH3 is 1. The first-order chi connectivity index (χ1) is 11.9. The summed E-state index contributed by atoms with van der Waals surface area (Å²) in [6, 6.07) is 5.58. The lowest BCUT2D eigenvalue weighted by Gasteiger charge is -2.38. The van der Waals surface area contributed by atoms with E-state index in [0.717, 1.165) is 17.1 Å². The zero-order valence-electron chi connectivity index (χ0n) is 14.9. The minimum atomic E-state index is -0.371. The molecule has 0 saturated heterocycles. The Balaban J connectivity index is 1.71. The lowest BCUT2D eigenvalue weighted by atomic mass is 9.89. The number of carbonyl (C=O) groups is 1. The molecule has 0 saturated carbocycles. The van der Waals surface area contributed by atoms with Gasteiger partial charge in [0, 0.05) is 24.5 Å². The minimum Gasteiger partial charge on any atom is -0.497 e. The van der Waals surface area contributed by atoms with Crippen LogP contribution in [0.15, 0.2) is 18.2 Å². The largest absolute Gasteiger partial charge is 0.497 e. The Morgan fingerprint density at radius 1 is 1.48 bits per heavy atom. The quantitative estimate of drug-likeness (QED) is 0.888. The molecule has 8 nitrogen and oxygen atoms in total. The minimum absolute atomic E-state index is 0.0423. The highest BCUT2D eigenvalue weighted by Crippen LogP contribution is 2.41. The molecule has 1 aliphatic rings. The van der Waals surface area contributed by atoms with Crippen LogP contribution in [0.2, 0.25) is 0 Å². The van der Waals surface area contributed by atoms with Gasteiger partial charge in [0.05, 0.1) is 19.7 Å². The lowest BCUT2D eigenvalue weighted by Crippen LogP contribution is -2.41. The summed E-state index contributed by atoms with van der Waals surface area (Å²) in [5, 5.41) is 14.4. The highest BCUT2D eigenvalue weighted by atomic mass is 16.5.